The Balaban J connectivity index is 2.19. The SMILES string of the molecule is CC(N)c1ccc(N2CCCC(C(N)=O)C2)c(Br)c1. The van der Waals surface area contributed by atoms with Crippen LogP contribution >= 0.6 is 15.9 Å². The maximum Gasteiger partial charge on any atom is 0.222 e. The van der Waals surface area contributed by atoms with E-state index in [0.29, 0.717) is 6.54 Å². The van der Waals surface area contributed by atoms with Gasteiger partial charge in [0.05, 0.1) is 11.6 Å². The number of carbonyl (C=O) groups is 1. The van der Waals surface area contributed by atoms with Gasteiger partial charge >= 0.3 is 0 Å². The third-order valence-corrected chi connectivity index (χ3v) is 4.30. The summed E-state index contributed by atoms with van der Waals surface area (Å²) in [6.45, 7) is 3.62. The zero-order chi connectivity index (χ0) is 14.0. The van der Waals surface area contributed by atoms with E-state index in [1.165, 1.54) is 0 Å². The molecule has 2 atom stereocenters. The molecule has 0 aliphatic carbocycles. The second kappa shape index (κ2) is 5.92. The molecule has 1 aliphatic rings. The van der Waals surface area contributed by atoms with Crippen LogP contribution in [0.15, 0.2) is 22.7 Å². The minimum Gasteiger partial charge on any atom is -0.370 e. The standard InChI is InChI=1S/C14H20BrN3O/c1-9(16)10-4-5-13(12(15)7-10)18-6-2-3-11(8-18)14(17)19/h4-5,7,9,11H,2-3,6,8,16H2,1H3,(H2,17,19). The van der Waals surface area contributed by atoms with Crippen LogP contribution in [0, 0.1) is 5.92 Å². The molecule has 1 fully saturated rings. The highest BCUT2D eigenvalue weighted by Gasteiger charge is 2.25. The summed E-state index contributed by atoms with van der Waals surface area (Å²) >= 11 is 3.59. The molecule has 1 amide bonds. The van der Waals surface area contributed by atoms with Gasteiger partial charge in [-0.05, 0) is 53.4 Å². The van der Waals surface area contributed by atoms with Crippen LogP contribution in [0.5, 0.6) is 0 Å². The molecule has 0 radical (unpaired) electrons. The Morgan fingerprint density at radius 1 is 1.53 bits per heavy atom. The molecule has 1 saturated heterocycles. The van der Waals surface area contributed by atoms with Gasteiger partial charge in [0, 0.05) is 23.6 Å². The number of carbonyl (C=O) groups excluding carboxylic acids is 1. The normalized spacial score (nSPS) is 21.2. The molecule has 2 rings (SSSR count). The number of hydrogen-bond donors (Lipinski definition) is 2. The highest BCUT2D eigenvalue weighted by Crippen LogP contribution is 2.31. The average Bonchev–Trinajstić information content (AvgIpc) is 2.38. The minimum absolute atomic E-state index is 0.0186. The van der Waals surface area contributed by atoms with E-state index in [1.807, 2.05) is 19.1 Å². The molecular weight excluding hydrogens is 306 g/mol. The van der Waals surface area contributed by atoms with Crippen LogP contribution in [0.1, 0.15) is 31.4 Å². The third-order valence-electron chi connectivity index (χ3n) is 3.66. The molecule has 104 valence electrons. The Hall–Kier alpha value is -1.07. The molecule has 0 spiro atoms. The maximum atomic E-state index is 11.3. The molecule has 1 aromatic carbocycles. The van der Waals surface area contributed by atoms with Crippen molar-refractivity contribution in [1.29, 1.82) is 0 Å². The number of amides is 1. The molecule has 5 heteroatoms. The number of anilines is 1. The quantitative estimate of drug-likeness (QED) is 0.894. The topological polar surface area (TPSA) is 72.3 Å². The highest BCUT2D eigenvalue weighted by molar-refractivity contribution is 9.10. The van der Waals surface area contributed by atoms with Crippen LogP contribution < -0.4 is 16.4 Å². The van der Waals surface area contributed by atoms with Crippen molar-refractivity contribution in [2.24, 2.45) is 17.4 Å². The van der Waals surface area contributed by atoms with Gasteiger partial charge in [-0.3, -0.25) is 4.79 Å². The number of hydrogen-bond acceptors (Lipinski definition) is 3. The second-order valence-corrected chi connectivity index (χ2v) is 6.04. The number of halogens is 1. The summed E-state index contributed by atoms with van der Waals surface area (Å²) in [6, 6.07) is 6.17. The van der Waals surface area contributed by atoms with Gasteiger partial charge in [0.1, 0.15) is 0 Å². The van der Waals surface area contributed by atoms with Crippen LogP contribution in [0.3, 0.4) is 0 Å². The fourth-order valence-electron chi connectivity index (χ4n) is 2.49. The molecule has 2 unspecified atom stereocenters. The predicted molar refractivity (Wildman–Crippen MR) is 80.9 cm³/mol. The van der Waals surface area contributed by atoms with Gasteiger partial charge in [0.15, 0.2) is 0 Å². The van der Waals surface area contributed by atoms with Crippen molar-refractivity contribution < 1.29 is 4.79 Å². The van der Waals surface area contributed by atoms with E-state index in [0.717, 1.165) is 35.1 Å². The van der Waals surface area contributed by atoms with Gasteiger partial charge in [-0.2, -0.15) is 0 Å². The van der Waals surface area contributed by atoms with Crippen molar-refractivity contribution in [1.82, 2.24) is 0 Å². The van der Waals surface area contributed by atoms with Crippen molar-refractivity contribution in [2.45, 2.75) is 25.8 Å². The van der Waals surface area contributed by atoms with Crippen molar-refractivity contribution in [2.75, 3.05) is 18.0 Å². The largest absolute Gasteiger partial charge is 0.370 e. The van der Waals surface area contributed by atoms with Gasteiger partial charge in [0.2, 0.25) is 5.91 Å². The molecule has 1 heterocycles. The number of nitrogens with zero attached hydrogens (tertiary/aromatic N) is 1. The summed E-state index contributed by atoms with van der Waals surface area (Å²) < 4.78 is 1.02. The Morgan fingerprint density at radius 2 is 2.26 bits per heavy atom. The van der Waals surface area contributed by atoms with Crippen molar-refractivity contribution in [3.8, 4) is 0 Å². The van der Waals surface area contributed by atoms with Gasteiger partial charge in [-0.1, -0.05) is 6.07 Å². The summed E-state index contributed by atoms with van der Waals surface area (Å²) in [4.78, 5) is 13.5. The molecule has 0 saturated carbocycles. The molecule has 4 nitrogen and oxygen atoms in total. The van der Waals surface area contributed by atoms with E-state index in [2.05, 4.69) is 26.9 Å². The molecule has 1 aliphatic heterocycles. The lowest BCUT2D eigenvalue weighted by Gasteiger charge is -2.33. The Bertz CT molecular complexity index is 476. The van der Waals surface area contributed by atoms with Crippen LogP contribution in [0.25, 0.3) is 0 Å². The smallest absolute Gasteiger partial charge is 0.222 e. The molecule has 0 aromatic heterocycles. The number of rotatable bonds is 3. The van der Waals surface area contributed by atoms with Crippen molar-refractivity contribution in [3.05, 3.63) is 28.2 Å². The number of primary amides is 1. The first kappa shape index (κ1) is 14.3. The van der Waals surface area contributed by atoms with Crippen LogP contribution in [0.4, 0.5) is 5.69 Å². The zero-order valence-electron chi connectivity index (χ0n) is 11.1. The maximum absolute atomic E-state index is 11.3. The van der Waals surface area contributed by atoms with Crippen LogP contribution in [-0.2, 0) is 4.79 Å². The fraction of sp³-hybridized carbons (Fsp3) is 0.500. The Labute approximate surface area is 122 Å². The average molecular weight is 326 g/mol. The summed E-state index contributed by atoms with van der Waals surface area (Å²) in [5.74, 6) is -0.248. The third kappa shape index (κ3) is 3.28. The van der Waals surface area contributed by atoms with E-state index in [4.69, 9.17) is 11.5 Å². The Kier molecular flexibility index (Phi) is 4.47. The number of nitrogens with two attached hydrogens (primary N) is 2. The first-order chi connectivity index (χ1) is 8.99. The van der Waals surface area contributed by atoms with E-state index in [9.17, 15) is 4.79 Å². The monoisotopic (exact) mass is 325 g/mol. The summed E-state index contributed by atoms with van der Waals surface area (Å²) in [7, 11) is 0. The van der Waals surface area contributed by atoms with Crippen molar-refractivity contribution in [3.63, 3.8) is 0 Å². The molecular formula is C14H20BrN3O. The lowest BCUT2D eigenvalue weighted by atomic mass is 9.97. The summed E-state index contributed by atoms with van der Waals surface area (Å²) in [6.07, 6.45) is 1.89. The molecule has 19 heavy (non-hydrogen) atoms. The van der Waals surface area contributed by atoms with E-state index in [1.54, 1.807) is 0 Å². The van der Waals surface area contributed by atoms with E-state index < -0.39 is 0 Å². The predicted octanol–water partition coefficient (Wildman–Crippen LogP) is 2.17. The number of piperidine rings is 1. The van der Waals surface area contributed by atoms with Crippen LogP contribution in [0.2, 0.25) is 0 Å². The first-order valence-corrected chi connectivity index (χ1v) is 7.37. The van der Waals surface area contributed by atoms with Crippen LogP contribution in [-0.4, -0.2) is 19.0 Å². The van der Waals surface area contributed by atoms with Gasteiger partial charge in [-0.25, -0.2) is 0 Å². The first-order valence-electron chi connectivity index (χ1n) is 6.58. The van der Waals surface area contributed by atoms with Gasteiger partial charge in [-0.15, -0.1) is 0 Å². The summed E-state index contributed by atoms with van der Waals surface area (Å²) in [5, 5.41) is 0. The lowest BCUT2D eigenvalue weighted by Crippen LogP contribution is -2.41. The zero-order valence-corrected chi connectivity index (χ0v) is 12.7. The summed E-state index contributed by atoms with van der Waals surface area (Å²) in [5.41, 5.74) is 13.5. The number of benzene rings is 1. The molecule has 0 bridgehead atoms. The molecule has 1 aromatic rings. The van der Waals surface area contributed by atoms with E-state index in [-0.39, 0.29) is 17.9 Å². The van der Waals surface area contributed by atoms with Gasteiger partial charge < -0.3 is 16.4 Å². The fourth-order valence-corrected chi connectivity index (χ4v) is 3.14. The Morgan fingerprint density at radius 3 is 2.84 bits per heavy atom. The van der Waals surface area contributed by atoms with Crippen molar-refractivity contribution >= 4 is 27.5 Å². The molecule has 4 N–H and O–H groups in total. The lowest BCUT2D eigenvalue weighted by molar-refractivity contribution is -0.122. The second-order valence-electron chi connectivity index (χ2n) is 5.19. The highest BCUT2D eigenvalue weighted by atomic mass is 79.9. The van der Waals surface area contributed by atoms with Gasteiger partial charge in [0.25, 0.3) is 0 Å². The minimum atomic E-state index is -0.201. The van der Waals surface area contributed by atoms with E-state index >= 15 is 0 Å².